The smallest absolute Gasteiger partial charge is 0.238 e. The summed E-state index contributed by atoms with van der Waals surface area (Å²) in [4.78, 5) is 15.5. The van der Waals surface area contributed by atoms with E-state index in [-0.39, 0.29) is 0 Å². The molecule has 5 heteroatoms. The zero-order chi connectivity index (χ0) is 34.3. The second-order valence-electron chi connectivity index (χ2n) is 12.7. The van der Waals surface area contributed by atoms with Gasteiger partial charge in [0.1, 0.15) is 0 Å². The van der Waals surface area contributed by atoms with Gasteiger partial charge in [0.05, 0.1) is 22.1 Å². The lowest BCUT2D eigenvalue weighted by Crippen LogP contribution is -2.28. The SMILES string of the molecule is C=c1/c(=C\c2c(C)c3ccccc3n2-c2nc(-c3ccccc3)nc(-c3cccc(-c4ccccc4)c3)n2)n(-c2ccccc2)c2ccccc12. The Kier molecular flexibility index (Phi) is 7.44. The minimum absolute atomic E-state index is 0.549. The highest BCUT2D eigenvalue weighted by atomic mass is 15.2. The van der Waals surface area contributed by atoms with E-state index in [1.165, 1.54) is 0 Å². The third-order valence-electron chi connectivity index (χ3n) is 9.57. The molecule has 0 saturated carbocycles. The van der Waals surface area contributed by atoms with E-state index in [1.54, 1.807) is 0 Å². The second kappa shape index (κ2) is 12.6. The molecule has 3 aromatic heterocycles. The topological polar surface area (TPSA) is 48.5 Å². The van der Waals surface area contributed by atoms with Gasteiger partial charge in [-0.25, -0.2) is 4.98 Å². The molecule has 0 aliphatic carbocycles. The molecule has 9 aromatic rings. The van der Waals surface area contributed by atoms with Gasteiger partial charge in [0.25, 0.3) is 0 Å². The van der Waals surface area contributed by atoms with Crippen LogP contribution in [0.4, 0.5) is 0 Å². The van der Waals surface area contributed by atoms with Gasteiger partial charge in [-0.15, -0.1) is 0 Å². The first-order valence-corrected chi connectivity index (χ1v) is 17.1. The number of aryl methyl sites for hydroxylation is 1. The van der Waals surface area contributed by atoms with Crippen molar-refractivity contribution in [2.24, 2.45) is 0 Å². The molecule has 6 aromatic carbocycles. The summed E-state index contributed by atoms with van der Waals surface area (Å²) < 4.78 is 4.47. The summed E-state index contributed by atoms with van der Waals surface area (Å²) in [7, 11) is 0. The number of hydrogen-bond acceptors (Lipinski definition) is 3. The Labute approximate surface area is 295 Å². The van der Waals surface area contributed by atoms with Crippen molar-refractivity contribution in [2.45, 2.75) is 6.92 Å². The molecular weight excluding hydrogens is 623 g/mol. The number of hydrogen-bond donors (Lipinski definition) is 0. The summed E-state index contributed by atoms with van der Waals surface area (Å²) in [6, 6.07) is 56.3. The molecule has 0 saturated heterocycles. The highest BCUT2D eigenvalue weighted by molar-refractivity contribution is 5.90. The number of para-hydroxylation sites is 3. The fourth-order valence-electron chi connectivity index (χ4n) is 7.05. The van der Waals surface area contributed by atoms with E-state index >= 15 is 0 Å². The Morgan fingerprint density at radius 3 is 1.73 bits per heavy atom. The van der Waals surface area contributed by atoms with Crippen LogP contribution < -0.4 is 10.6 Å². The van der Waals surface area contributed by atoms with Gasteiger partial charge in [0.2, 0.25) is 5.95 Å². The lowest BCUT2D eigenvalue weighted by atomic mass is 10.0. The van der Waals surface area contributed by atoms with Crippen LogP contribution in [0.25, 0.3) is 80.0 Å². The van der Waals surface area contributed by atoms with E-state index in [4.69, 9.17) is 15.0 Å². The Hall–Kier alpha value is -6.85. The Balaban J connectivity index is 1.34. The van der Waals surface area contributed by atoms with Crippen molar-refractivity contribution in [3.63, 3.8) is 0 Å². The number of fused-ring (bicyclic) bond motifs is 2. The molecule has 0 atom stereocenters. The van der Waals surface area contributed by atoms with Crippen LogP contribution in [-0.2, 0) is 0 Å². The van der Waals surface area contributed by atoms with Crippen LogP contribution in [0.5, 0.6) is 0 Å². The maximum absolute atomic E-state index is 5.24. The van der Waals surface area contributed by atoms with Crippen LogP contribution >= 0.6 is 0 Å². The quantitative estimate of drug-likeness (QED) is 0.179. The molecule has 0 unspecified atom stereocenters. The predicted octanol–water partition coefficient (Wildman–Crippen LogP) is 9.31. The van der Waals surface area contributed by atoms with E-state index in [9.17, 15) is 0 Å². The second-order valence-corrected chi connectivity index (χ2v) is 12.7. The third kappa shape index (κ3) is 5.32. The van der Waals surface area contributed by atoms with E-state index in [2.05, 4.69) is 150 Å². The third-order valence-corrected chi connectivity index (χ3v) is 9.57. The van der Waals surface area contributed by atoms with Crippen LogP contribution in [-0.4, -0.2) is 24.1 Å². The molecule has 3 heterocycles. The largest absolute Gasteiger partial charge is 0.309 e. The Morgan fingerprint density at radius 1 is 0.490 bits per heavy atom. The van der Waals surface area contributed by atoms with Crippen molar-refractivity contribution in [1.82, 2.24) is 24.1 Å². The van der Waals surface area contributed by atoms with Crippen molar-refractivity contribution in [1.29, 1.82) is 0 Å². The van der Waals surface area contributed by atoms with Gasteiger partial charge in [-0.3, -0.25) is 4.57 Å². The van der Waals surface area contributed by atoms with Crippen molar-refractivity contribution in [2.75, 3.05) is 0 Å². The van der Waals surface area contributed by atoms with E-state index < -0.39 is 0 Å². The molecule has 51 heavy (non-hydrogen) atoms. The maximum Gasteiger partial charge on any atom is 0.238 e. The number of aromatic nitrogens is 5. The first-order valence-electron chi connectivity index (χ1n) is 17.1. The van der Waals surface area contributed by atoms with Crippen LogP contribution in [0.15, 0.2) is 164 Å². The lowest BCUT2D eigenvalue weighted by molar-refractivity contribution is 0.921. The highest BCUT2D eigenvalue weighted by Crippen LogP contribution is 2.31. The van der Waals surface area contributed by atoms with E-state index in [0.29, 0.717) is 17.6 Å². The summed E-state index contributed by atoms with van der Waals surface area (Å²) in [5.74, 6) is 1.76. The minimum atomic E-state index is 0.549. The lowest BCUT2D eigenvalue weighted by Gasteiger charge is -2.13. The molecule has 0 amide bonds. The van der Waals surface area contributed by atoms with Gasteiger partial charge >= 0.3 is 0 Å². The van der Waals surface area contributed by atoms with Crippen molar-refractivity contribution in [3.8, 4) is 45.5 Å². The molecule has 0 aliphatic rings. The number of rotatable bonds is 6. The zero-order valence-corrected chi connectivity index (χ0v) is 28.1. The van der Waals surface area contributed by atoms with Gasteiger partial charge in [-0.05, 0) is 60.0 Å². The molecule has 5 nitrogen and oxygen atoms in total. The highest BCUT2D eigenvalue weighted by Gasteiger charge is 2.20. The van der Waals surface area contributed by atoms with Crippen LogP contribution in [0.1, 0.15) is 11.3 Å². The van der Waals surface area contributed by atoms with E-state index in [1.807, 2.05) is 42.5 Å². The first-order chi connectivity index (χ1) is 25.1. The average molecular weight is 656 g/mol. The minimum Gasteiger partial charge on any atom is -0.309 e. The summed E-state index contributed by atoms with van der Waals surface area (Å²) in [5, 5.41) is 4.21. The zero-order valence-electron chi connectivity index (χ0n) is 28.1. The molecule has 9 rings (SSSR count). The average Bonchev–Trinajstić information content (AvgIpc) is 3.65. The summed E-state index contributed by atoms with van der Waals surface area (Å²) in [6.07, 6.45) is 2.24. The van der Waals surface area contributed by atoms with Crippen molar-refractivity contribution >= 4 is 34.5 Å². The van der Waals surface area contributed by atoms with Crippen LogP contribution in [0, 0.1) is 6.92 Å². The fourth-order valence-corrected chi connectivity index (χ4v) is 7.05. The van der Waals surface area contributed by atoms with E-state index in [0.717, 1.165) is 71.6 Å². The van der Waals surface area contributed by atoms with Crippen molar-refractivity contribution < 1.29 is 0 Å². The van der Waals surface area contributed by atoms with Gasteiger partial charge in [-0.1, -0.05) is 140 Å². The standard InChI is InChI=1S/C46H33N5/c1-31-38-25-12-14-27-40(38)50(37-23-10-5-11-24-37)42(31)30-43-32(2)39-26-13-15-28-41(39)51(43)46-48-44(34-19-8-4-9-20-34)47-45(49-46)36-22-16-21-35(29-36)33-17-6-3-7-18-33/h3-30H,1H2,2H3/b42-30+. The Morgan fingerprint density at radius 2 is 1.02 bits per heavy atom. The van der Waals surface area contributed by atoms with Crippen molar-refractivity contribution in [3.05, 3.63) is 186 Å². The number of nitrogens with zero attached hydrogens (tertiary/aromatic N) is 5. The molecule has 0 N–H and O–H groups in total. The molecule has 0 radical (unpaired) electrons. The van der Waals surface area contributed by atoms with Gasteiger partial charge < -0.3 is 4.57 Å². The summed E-state index contributed by atoms with van der Waals surface area (Å²) >= 11 is 0. The monoisotopic (exact) mass is 655 g/mol. The predicted molar refractivity (Wildman–Crippen MR) is 209 cm³/mol. The van der Waals surface area contributed by atoms with Gasteiger partial charge in [0, 0.05) is 32.8 Å². The summed E-state index contributed by atoms with van der Waals surface area (Å²) in [6.45, 7) is 6.79. The maximum atomic E-state index is 5.24. The van der Waals surface area contributed by atoms with Crippen LogP contribution in [0.2, 0.25) is 0 Å². The molecule has 0 spiro atoms. The Bertz CT molecular complexity index is 2820. The van der Waals surface area contributed by atoms with Gasteiger partial charge in [-0.2, -0.15) is 9.97 Å². The number of benzene rings is 6. The van der Waals surface area contributed by atoms with Gasteiger partial charge in [0.15, 0.2) is 11.6 Å². The molecule has 0 fully saturated rings. The first kappa shape index (κ1) is 30.2. The normalized spacial score (nSPS) is 11.8. The molecule has 0 aliphatic heterocycles. The molecule has 0 bridgehead atoms. The fraction of sp³-hybridized carbons (Fsp3) is 0.0217. The molecule has 242 valence electrons. The van der Waals surface area contributed by atoms with Crippen LogP contribution in [0.3, 0.4) is 0 Å². The molecular formula is C46H33N5. The summed E-state index contributed by atoms with van der Waals surface area (Å²) in [5.41, 5.74) is 9.38.